The van der Waals surface area contributed by atoms with E-state index < -0.39 is 5.82 Å². The first-order chi connectivity index (χ1) is 17.9. The smallest absolute Gasteiger partial charge is 0.259 e. The zero-order valence-electron chi connectivity index (χ0n) is 21.4. The van der Waals surface area contributed by atoms with E-state index in [0.717, 1.165) is 32.5 Å². The van der Waals surface area contributed by atoms with Crippen LogP contribution in [-0.4, -0.2) is 69.3 Å². The highest BCUT2D eigenvalue weighted by Gasteiger charge is 2.25. The summed E-state index contributed by atoms with van der Waals surface area (Å²) in [5.74, 6) is -0.363. The lowest BCUT2D eigenvalue weighted by molar-refractivity contribution is 0.0732. The minimum Gasteiger partial charge on any atom is -0.334 e. The third-order valence-corrected chi connectivity index (χ3v) is 6.32. The van der Waals surface area contributed by atoms with Crippen molar-refractivity contribution in [3.63, 3.8) is 0 Å². The quantitative estimate of drug-likeness (QED) is 0.533. The van der Waals surface area contributed by atoms with E-state index in [0.29, 0.717) is 41.4 Å². The van der Waals surface area contributed by atoms with Gasteiger partial charge in [0.1, 0.15) is 12.1 Å². The Labute approximate surface area is 217 Å². The van der Waals surface area contributed by atoms with Crippen LogP contribution in [0, 0.1) is 11.7 Å². The molecule has 9 heteroatoms. The molecule has 0 radical (unpaired) electrons. The summed E-state index contributed by atoms with van der Waals surface area (Å²) < 4.78 is 14.5. The van der Waals surface area contributed by atoms with Crippen molar-refractivity contribution >= 4 is 17.5 Å². The summed E-state index contributed by atoms with van der Waals surface area (Å²) in [6, 6.07) is 7.85. The van der Waals surface area contributed by atoms with Crippen molar-refractivity contribution in [2.45, 2.75) is 33.2 Å². The van der Waals surface area contributed by atoms with E-state index in [1.807, 2.05) is 0 Å². The second-order valence-electron chi connectivity index (χ2n) is 9.73. The van der Waals surface area contributed by atoms with Crippen LogP contribution in [0.1, 0.15) is 53.0 Å². The van der Waals surface area contributed by atoms with Gasteiger partial charge < -0.3 is 14.7 Å². The molecule has 0 spiro atoms. The molecule has 0 atom stereocenters. The summed E-state index contributed by atoms with van der Waals surface area (Å²) in [6.45, 7) is 8.03. The average Bonchev–Trinajstić information content (AvgIpc) is 2.90. The molecule has 0 aliphatic carbocycles. The SMILES string of the molecule is CC(C)CN1CCCN(C(=O)c2cncnc2)Cc2cc(F)ccc2N(C(=O)c2cccnc2)CCC1. The van der Waals surface area contributed by atoms with Crippen LogP contribution < -0.4 is 4.90 Å². The molecule has 1 aliphatic heterocycles. The lowest BCUT2D eigenvalue weighted by Crippen LogP contribution is -2.39. The number of aromatic nitrogens is 3. The number of halogens is 1. The van der Waals surface area contributed by atoms with Gasteiger partial charge in [0.25, 0.3) is 11.8 Å². The largest absolute Gasteiger partial charge is 0.334 e. The Balaban J connectivity index is 1.73. The van der Waals surface area contributed by atoms with Crippen LogP contribution in [0.15, 0.2) is 61.4 Å². The fourth-order valence-corrected chi connectivity index (χ4v) is 4.72. The Morgan fingerprint density at radius 2 is 1.65 bits per heavy atom. The molecule has 37 heavy (non-hydrogen) atoms. The highest BCUT2D eigenvalue weighted by molar-refractivity contribution is 6.06. The molecule has 0 unspecified atom stereocenters. The van der Waals surface area contributed by atoms with Crippen molar-refractivity contribution in [1.82, 2.24) is 24.8 Å². The fraction of sp³-hybridized carbons (Fsp3) is 0.393. The van der Waals surface area contributed by atoms with Gasteiger partial charge in [0.2, 0.25) is 0 Å². The van der Waals surface area contributed by atoms with Crippen LogP contribution >= 0.6 is 0 Å². The standard InChI is InChI=1S/C28H33FN6O2/c1-21(2)18-33-10-4-12-34(27(36)24-16-31-20-32-17-24)19-23-14-25(29)7-8-26(23)35(13-5-11-33)28(37)22-6-3-9-30-15-22/h3,6-9,14-17,20-21H,4-5,10-13,18-19H2,1-2H3. The Hall–Kier alpha value is -3.72. The van der Waals surface area contributed by atoms with E-state index in [9.17, 15) is 14.0 Å². The minimum atomic E-state index is -0.418. The number of benzene rings is 1. The van der Waals surface area contributed by atoms with Crippen LogP contribution in [-0.2, 0) is 6.54 Å². The van der Waals surface area contributed by atoms with Crippen molar-refractivity contribution < 1.29 is 14.0 Å². The van der Waals surface area contributed by atoms with Gasteiger partial charge in [-0.05, 0) is 67.7 Å². The number of hydrogen-bond acceptors (Lipinski definition) is 6. The monoisotopic (exact) mass is 504 g/mol. The number of nitrogens with zero attached hydrogens (tertiary/aromatic N) is 6. The molecule has 0 bridgehead atoms. The topological polar surface area (TPSA) is 82.5 Å². The maximum Gasteiger partial charge on any atom is 0.259 e. The maximum absolute atomic E-state index is 14.5. The van der Waals surface area contributed by atoms with E-state index >= 15 is 0 Å². The Kier molecular flexibility index (Phi) is 8.90. The number of pyridine rings is 1. The first-order valence-electron chi connectivity index (χ1n) is 12.7. The van der Waals surface area contributed by atoms with Gasteiger partial charge in [-0.1, -0.05) is 13.8 Å². The number of anilines is 1. The van der Waals surface area contributed by atoms with Gasteiger partial charge in [0.15, 0.2) is 0 Å². The summed E-state index contributed by atoms with van der Waals surface area (Å²) in [4.78, 5) is 45.0. The number of fused-ring (bicyclic) bond motifs is 1. The van der Waals surface area contributed by atoms with Gasteiger partial charge in [-0.25, -0.2) is 14.4 Å². The predicted octanol–water partition coefficient (Wildman–Crippen LogP) is 4.05. The zero-order chi connectivity index (χ0) is 26.2. The molecule has 1 aliphatic rings. The van der Waals surface area contributed by atoms with Crippen molar-refractivity contribution in [2.24, 2.45) is 5.92 Å². The Bertz CT molecular complexity index is 1190. The Morgan fingerprint density at radius 1 is 0.919 bits per heavy atom. The maximum atomic E-state index is 14.5. The lowest BCUT2D eigenvalue weighted by Gasteiger charge is -2.32. The Morgan fingerprint density at radius 3 is 2.35 bits per heavy atom. The van der Waals surface area contributed by atoms with Gasteiger partial charge in [-0.2, -0.15) is 0 Å². The molecule has 0 N–H and O–H groups in total. The summed E-state index contributed by atoms with van der Waals surface area (Å²) >= 11 is 0. The van der Waals surface area contributed by atoms with Gasteiger partial charge in [-0.15, -0.1) is 0 Å². The van der Waals surface area contributed by atoms with Crippen LogP contribution in [0.4, 0.5) is 10.1 Å². The first kappa shape index (κ1) is 26.3. The first-order valence-corrected chi connectivity index (χ1v) is 12.7. The molecule has 3 heterocycles. The van der Waals surface area contributed by atoms with Crippen LogP contribution in [0.5, 0.6) is 0 Å². The summed E-state index contributed by atoms with van der Waals surface area (Å²) in [5, 5.41) is 0. The van der Waals surface area contributed by atoms with E-state index in [4.69, 9.17) is 0 Å². The molecule has 3 aromatic rings. The molecule has 4 rings (SSSR count). The third kappa shape index (κ3) is 6.95. The molecule has 0 fully saturated rings. The van der Waals surface area contributed by atoms with E-state index in [1.165, 1.54) is 37.1 Å². The van der Waals surface area contributed by atoms with Crippen molar-refractivity contribution in [2.75, 3.05) is 37.6 Å². The van der Waals surface area contributed by atoms with Gasteiger partial charge in [0.05, 0.1) is 11.1 Å². The second-order valence-corrected chi connectivity index (χ2v) is 9.73. The molecule has 2 aromatic heterocycles. The molecule has 0 saturated carbocycles. The van der Waals surface area contributed by atoms with Crippen LogP contribution in [0.2, 0.25) is 0 Å². The highest BCUT2D eigenvalue weighted by Crippen LogP contribution is 2.27. The normalized spacial score (nSPS) is 15.6. The van der Waals surface area contributed by atoms with Gasteiger partial charge in [-0.3, -0.25) is 14.6 Å². The molecule has 8 nitrogen and oxygen atoms in total. The summed E-state index contributed by atoms with van der Waals surface area (Å²) in [7, 11) is 0. The fourth-order valence-electron chi connectivity index (χ4n) is 4.72. The number of carbonyl (C=O) groups is 2. The number of carbonyl (C=O) groups excluding carboxylic acids is 2. The van der Waals surface area contributed by atoms with E-state index in [1.54, 1.807) is 34.2 Å². The molecule has 2 amide bonds. The molecule has 0 saturated heterocycles. The van der Waals surface area contributed by atoms with E-state index in [2.05, 4.69) is 33.7 Å². The molecular weight excluding hydrogens is 471 g/mol. The number of rotatable bonds is 4. The lowest BCUT2D eigenvalue weighted by atomic mass is 10.1. The van der Waals surface area contributed by atoms with Crippen LogP contribution in [0.3, 0.4) is 0 Å². The van der Waals surface area contributed by atoms with E-state index in [-0.39, 0.29) is 18.4 Å². The summed E-state index contributed by atoms with van der Waals surface area (Å²) in [5.41, 5.74) is 1.99. The second kappa shape index (κ2) is 12.5. The van der Waals surface area contributed by atoms with Crippen molar-refractivity contribution in [3.05, 3.63) is 84.0 Å². The van der Waals surface area contributed by atoms with Gasteiger partial charge in [0, 0.05) is 56.7 Å². The minimum absolute atomic E-state index is 0.155. The van der Waals surface area contributed by atoms with Gasteiger partial charge >= 0.3 is 0 Å². The molecule has 194 valence electrons. The zero-order valence-corrected chi connectivity index (χ0v) is 21.4. The van der Waals surface area contributed by atoms with Crippen molar-refractivity contribution in [1.29, 1.82) is 0 Å². The molecule has 1 aromatic carbocycles. The summed E-state index contributed by atoms with van der Waals surface area (Å²) in [6.07, 6.45) is 9.05. The van der Waals surface area contributed by atoms with Crippen LogP contribution in [0.25, 0.3) is 0 Å². The highest BCUT2D eigenvalue weighted by atomic mass is 19.1. The molecular formula is C28H33FN6O2. The van der Waals surface area contributed by atoms with Crippen molar-refractivity contribution in [3.8, 4) is 0 Å². The average molecular weight is 505 g/mol. The third-order valence-electron chi connectivity index (χ3n) is 6.32. The predicted molar refractivity (Wildman–Crippen MR) is 140 cm³/mol. The number of hydrogen-bond donors (Lipinski definition) is 0. The number of amides is 2.